The molecule has 0 amide bonds. The van der Waals surface area contributed by atoms with Crippen LogP contribution < -0.4 is 9.47 Å². The topological polar surface area (TPSA) is 90.6 Å². The highest BCUT2D eigenvalue weighted by Gasteiger charge is 2.18. The molecule has 3 aromatic rings. The molecular weight excluding hydrogens is 420 g/mol. The zero-order chi connectivity index (χ0) is 22.4. The number of aliphatic carboxylic acids is 1. The molecule has 2 aromatic carbocycles. The van der Waals surface area contributed by atoms with Crippen molar-refractivity contribution in [2.24, 2.45) is 0 Å². The van der Waals surface area contributed by atoms with Crippen LogP contribution in [0.1, 0.15) is 28.7 Å². The Hall–Kier alpha value is -3.58. The van der Waals surface area contributed by atoms with Crippen LogP contribution >= 0.6 is 11.6 Å². The lowest BCUT2D eigenvalue weighted by Gasteiger charge is -2.10. The van der Waals surface area contributed by atoms with E-state index in [1.165, 1.54) is 14.0 Å². The number of carboxylic acids is 1. The second kappa shape index (κ2) is 9.95. The molecule has 7 nitrogen and oxygen atoms in total. The summed E-state index contributed by atoms with van der Waals surface area (Å²) in [4.78, 5) is 28.0. The number of nitrogens with zero attached hydrogens (tertiary/aromatic N) is 2. The largest absolute Gasteiger partial charge is 0.497 e. The van der Waals surface area contributed by atoms with Gasteiger partial charge in [-0.2, -0.15) is 0 Å². The van der Waals surface area contributed by atoms with E-state index in [9.17, 15) is 9.59 Å². The number of imidazole rings is 1. The number of aromatic nitrogens is 2. The first-order chi connectivity index (χ1) is 14.9. The molecule has 0 saturated heterocycles. The van der Waals surface area contributed by atoms with Crippen LogP contribution in [0.3, 0.4) is 0 Å². The summed E-state index contributed by atoms with van der Waals surface area (Å²) in [5.74, 6) is -0.0233. The zero-order valence-electron chi connectivity index (χ0n) is 17.0. The third kappa shape index (κ3) is 5.52. The second-order valence-corrected chi connectivity index (χ2v) is 7.06. The van der Waals surface area contributed by atoms with Gasteiger partial charge >= 0.3 is 5.97 Å². The molecule has 160 valence electrons. The first kappa shape index (κ1) is 22.1. The number of halogens is 1. The van der Waals surface area contributed by atoms with Gasteiger partial charge in [0, 0.05) is 24.5 Å². The minimum Gasteiger partial charge on any atom is -0.497 e. The van der Waals surface area contributed by atoms with Crippen LogP contribution in [0, 0.1) is 0 Å². The molecule has 0 aliphatic carbocycles. The van der Waals surface area contributed by atoms with Gasteiger partial charge in [0.1, 0.15) is 11.5 Å². The SMILES string of the molecule is COc1ccc(C(=O)c2nccn2C/C=C/c2cccc(O[C@@H](C)C(=O)O)c2)c(Cl)c1. The van der Waals surface area contributed by atoms with E-state index in [0.29, 0.717) is 28.6 Å². The molecule has 0 unspecified atom stereocenters. The molecule has 0 radical (unpaired) electrons. The van der Waals surface area contributed by atoms with E-state index in [1.54, 1.807) is 53.4 Å². The van der Waals surface area contributed by atoms with Gasteiger partial charge in [0.25, 0.3) is 0 Å². The van der Waals surface area contributed by atoms with Gasteiger partial charge in [0.15, 0.2) is 11.9 Å². The predicted octanol–water partition coefficient (Wildman–Crippen LogP) is 4.34. The lowest BCUT2D eigenvalue weighted by molar-refractivity contribution is -0.144. The highest BCUT2D eigenvalue weighted by Crippen LogP contribution is 2.24. The Morgan fingerprint density at radius 2 is 2.03 bits per heavy atom. The Kier molecular flexibility index (Phi) is 7.10. The van der Waals surface area contributed by atoms with Gasteiger partial charge in [0.2, 0.25) is 5.78 Å². The summed E-state index contributed by atoms with van der Waals surface area (Å²) in [6.07, 6.45) is 6.05. The molecule has 0 fully saturated rings. The van der Waals surface area contributed by atoms with Crippen LogP contribution in [0.5, 0.6) is 11.5 Å². The van der Waals surface area contributed by atoms with Crippen molar-refractivity contribution in [3.05, 3.63) is 82.9 Å². The zero-order valence-corrected chi connectivity index (χ0v) is 17.7. The van der Waals surface area contributed by atoms with Crippen molar-refractivity contribution in [1.29, 1.82) is 0 Å². The molecule has 1 N–H and O–H groups in total. The van der Waals surface area contributed by atoms with E-state index in [0.717, 1.165) is 5.56 Å². The highest BCUT2D eigenvalue weighted by atomic mass is 35.5. The number of ketones is 1. The summed E-state index contributed by atoms with van der Waals surface area (Å²) in [6.45, 7) is 1.88. The molecule has 0 bridgehead atoms. The average Bonchev–Trinajstić information content (AvgIpc) is 3.22. The van der Waals surface area contributed by atoms with Gasteiger partial charge in [-0.15, -0.1) is 0 Å². The fraction of sp³-hybridized carbons (Fsp3) is 0.174. The van der Waals surface area contributed by atoms with Crippen molar-refractivity contribution in [2.75, 3.05) is 7.11 Å². The quantitative estimate of drug-likeness (QED) is 0.498. The molecule has 0 aliphatic heterocycles. The van der Waals surface area contributed by atoms with Crippen LogP contribution in [0.4, 0.5) is 0 Å². The van der Waals surface area contributed by atoms with E-state index >= 15 is 0 Å². The van der Waals surface area contributed by atoms with Crippen LogP contribution in [0.15, 0.2) is 60.9 Å². The fourth-order valence-electron chi connectivity index (χ4n) is 2.84. The molecule has 31 heavy (non-hydrogen) atoms. The Balaban J connectivity index is 1.72. The van der Waals surface area contributed by atoms with E-state index in [4.69, 9.17) is 26.2 Å². The van der Waals surface area contributed by atoms with Gasteiger partial charge < -0.3 is 19.1 Å². The first-order valence-electron chi connectivity index (χ1n) is 9.44. The number of hydrogen-bond acceptors (Lipinski definition) is 5. The number of hydrogen-bond donors (Lipinski definition) is 1. The Morgan fingerprint density at radius 1 is 1.23 bits per heavy atom. The monoisotopic (exact) mass is 440 g/mol. The predicted molar refractivity (Wildman–Crippen MR) is 117 cm³/mol. The van der Waals surface area contributed by atoms with Crippen molar-refractivity contribution in [3.8, 4) is 11.5 Å². The summed E-state index contributed by atoms with van der Waals surface area (Å²) in [7, 11) is 1.53. The van der Waals surface area contributed by atoms with Crippen molar-refractivity contribution in [2.45, 2.75) is 19.6 Å². The molecule has 1 atom stereocenters. The number of allylic oxidation sites excluding steroid dienone is 1. The number of methoxy groups -OCH3 is 1. The van der Waals surface area contributed by atoms with Crippen LogP contribution in [-0.4, -0.2) is 39.6 Å². The maximum absolute atomic E-state index is 12.9. The summed E-state index contributed by atoms with van der Waals surface area (Å²) in [5.41, 5.74) is 1.18. The van der Waals surface area contributed by atoms with E-state index in [-0.39, 0.29) is 11.6 Å². The van der Waals surface area contributed by atoms with E-state index < -0.39 is 12.1 Å². The number of benzene rings is 2. The van der Waals surface area contributed by atoms with Crippen molar-refractivity contribution in [3.63, 3.8) is 0 Å². The standard InChI is InChI=1S/C23H21ClN2O5/c1-15(23(28)29)31-18-7-3-5-16(13-18)6-4-11-26-12-10-25-22(26)21(27)19-9-8-17(30-2)14-20(19)24/h3-10,12-15H,11H2,1-2H3,(H,28,29)/b6-4+/t15-/m0/s1. The molecule has 3 rings (SSSR count). The molecule has 8 heteroatoms. The number of carbonyl (C=O) groups is 2. The lowest BCUT2D eigenvalue weighted by atomic mass is 10.1. The van der Waals surface area contributed by atoms with Gasteiger partial charge in [0.05, 0.1) is 12.1 Å². The third-order valence-corrected chi connectivity index (χ3v) is 4.78. The minimum atomic E-state index is -1.03. The van der Waals surface area contributed by atoms with Crippen molar-refractivity contribution >= 4 is 29.4 Å². The molecular formula is C23H21ClN2O5. The van der Waals surface area contributed by atoms with Gasteiger partial charge in [-0.3, -0.25) is 4.79 Å². The van der Waals surface area contributed by atoms with Crippen LogP contribution in [0.25, 0.3) is 6.08 Å². The average molecular weight is 441 g/mol. The molecule has 1 heterocycles. The molecule has 1 aromatic heterocycles. The maximum Gasteiger partial charge on any atom is 0.344 e. The summed E-state index contributed by atoms with van der Waals surface area (Å²) in [6, 6.07) is 12.0. The smallest absolute Gasteiger partial charge is 0.344 e. The van der Waals surface area contributed by atoms with Crippen molar-refractivity contribution < 1.29 is 24.2 Å². The molecule has 0 aliphatic rings. The van der Waals surface area contributed by atoms with Crippen molar-refractivity contribution in [1.82, 2.24) is 9.55 Å². The summed E-state index contributed by atoms with van der Waals surface area (Å²) < 4.78 is 12.2. The lowest BCUT2D eigenvalue weighted by Crippen LogP contribution is -2.22. The van der Waals surface area contributed by atoms with E-state index in [1.807, 2.05) is 18.2 Å². The van der Waals surface area contributed by atoms with Gasteiger partial charge in [-0.05, 0) is 42.8 Å². The normalized spacial score (nSPS) is 12.0. The number of carbonyl (C=O) groups excluding carboxylic acids is 1. The second-order valence-electron chi connectivity index (χ2n) is 6.65. The number of carboxylic acid groups (broad SMARTS) is 1. The minimum absolute atomic E-state index is 0.268. The maximum atomic E-state index is 12.9. The first-order valence-corrected chi connectivity index (χ1v) is 9.82. The Bertz CT molecular complexity index is 1120. The fourth-order valence-corrected chi connectivity index (χ4v) is 3.10. The molecule has 0 spiro atoms. The van der Waals surface area contributed by atoms with E-state index in [2.05, 4.69) is 4.98 Å². The van der Waals surface area contributed by atoms with Crippen LogP contribution in [-0.2, 0) is 11.3 Å². The number of rotatable bonds is 9. The number of ether oxygens (including phenoxy) is 2. The Morgan fingerprint density at radius 3 is 2.74 bits per heavy atom. The molecule has 0 saturated carbocycles. The highest BCUT2D eigenvalue weighted by molar-refractivity contribution is 6.34. The van der Waals surface area contributed by atoms with Gasteiger partial charge in [-0.1, -0.05) is 35.9 Å². The third-order valence-electron chi connectivity index (χ3n) is 4.47. The van der Waals surface area contributed by atoms with Crippen LogP contribution in [0.2, 0.25) is 5.02 Å². The Labute approximate surface area is 184 Å². The summed E-state index contributed by atoms with van der Waals surface area (Å²) in [5, 5.41) is 9.26. The van der Waals surface area contributed by atoms with Gasteiger partial charge in [-0.25, -0.2) is 9.78 Å². The summed E-state index contributed by atoms with van der Waals surface area (Å²) >= 11 is 6.23.